The number of ether oxygens (including phenoxy) is 6. The number of hydrogen-bond acceptors (Lipinski definition) is 8. The van der Waals surface area contributed by atoms with Gasteiger partial charge in [0.2, 0.25) is 0 Å². The third-order valence-electron chi connectivity index (χ3n) is 6.35. The summed E-state index contributed by atoms with van der Waals surface area (Å²) in [6.45, 7) is 4.14. The lowest BCUT2D eigenvalue weighted by atomic mass is 10.2. The monoisotopic (exact) mass is 652 g/mol. The number of benzene rings is 4. The summed E-state index contributed by atoms with van der Waals surface area (Å²) >= 11 is 11.8. The van der Waals surface area contributed by atoms with Gasteiger partial charge in [-0.3, -0.25) is 0 Å². The Balaban J connectivity index is 1.07. The van der Waals surface area contributed by atoms with Crippen molar-refractivity contribution in [3.63, 3.8) is 0 Å². The van der Waals surface area contributed by atoms with Crippen molar-refractivity contribution in [2.45, 2.75) is 45.7 Å². The first-order valence-corrected chi connectivity index (χ1v) is 15.1. The molecule has 0 radical (unpaired) electrons. The number of carbonyl (C=O) groups excluding carboxylic acids is 2. The van der Waals surface area contributed by atoms with Crippen molar-refractivity contribution in [2.75, 3.05) is 13.2 Å². The van der Waals surface area contributed by atoms with Crippen LogP contribution in [-0.4, -0.2) is 37.4 Å². The lowest BCUT2D eigenvalue weighted by Gasteiger charge is -2.16. The highest BCUT2D eigenvalue weighted by Crippen LogP contribution is 2.20. The molecule has 0 bridgehead atoms. The highest BCUT2D eigenvalue weighted by Gasteiger charge is 2.18. The minimum atomic E-state index is -0.812. The molecule has 0 spiro atoms. The fourth-order valence-electron chi connectivity index (χ4n) is 3.87. The lowest BCUT2D eigenvalue weighted by Crippen LogP contribution is -2.28. The quantitative estimate of drug-likeness (QED) is 0.0892. The molecular formula is C35H34Cl2O8. The molecule has 0 saturated carbocycles. The fraction of sp³-hybridized carbons (Fsp3) is 0.257. The van der Waals surface area contributed by atoms with Crippen molar-refractivity contribution < 1.29 is 38.0 Å². The topological polar surface area (TPSA) is 89.5 Å². The number of carbonyl (C=O) groups is 2. The van der Waals surface area contributed by atoms with E-state index in [9.17, 15) is 9.59 Å². The molecule has 0 heterocycles. The molecule has 0 N–H and O–H groups in total. The molecule has 2 atom stereocenters. The first-order valence-electron chi connectivity index (χ1n) is 14.4. The van der Waals surface area contributed by atoms with Crippen LogP contribution in [-0.2, 0) is 32.3 Å². The molecule has 10 heteroatoms. The van der Waals surface area contributed by atoms with Crippen LogP contribution in [0.4, 0.5) is 0 Å². The average molecular weight is 654 g/mol. The van der Waals surface area contributed by atoms with E-state index in [0.29, 0.717) is 52.7 Å². The van der Waals surface area contributed by atoms with Crippen LogP contribution in [0.5, 0.6) is 23.0 Å². The molecule has 0 saturated heterocycles. The van der Waals surface area contributed by atoms with Gasteiger partial charge < -0.3 is 28.4 Å². The zero-order chi connectivity index (χ0) is 32.0. The third-order valence-corrected chi connectivity index (χ3v) is 6.86. The van der Waals surface area contributed by atoms with E-state index in [0.717, 1.165) is 11.1 Å². The van der Waals surface area contributed by atoms with Crippen LogP contribution >= 0.6 is 23.2 Å². The van der Waals surface area contributed by atoms with Crippen LogP contribution in [0.25, 0.3) is 0 Å². The molecule has 0 aliphatic rings. The van der Waals surface area contributed by atoms with E-state index in [-0.39, 0.29) is 13.2 Å². The summed E-state index contributed by atoms with van der Waals surface area (Å²) in [7, 11) is 0. The van der Waals surface area contributed by atoms with Gasteiger partial charge >= 0.3 is 11.9 Å². The van der Waals surface area contributed by atoms with Gasteiger partial charge in [-0.05, 0) is 97.8 Å². The second-order valence-electron chi connectivity index (χ2n) is 9.98. The maximum Gasteiger partial charge on any atom is 0.347 e. The van der Waals surface area contributed by atoms with E-state index in [4.69, 9.17) is 51.6 Å². The minimum Gasteiger partial charge on any atom is -0.489 e. The SMILES string of the molecule is CC(Oc1ccc(COc2ccc(Cl)cc2)cc1)C(=O)OCCCOC(=O)C(C)Oc1ccc(COc2ccc(Cl)cc2)cc1. The van der Waals surface area contributed by atoms with Crippen LogP contribution in [0.2, 0.25) is 10.0 Å². The van der Waals surface area contributed by atoms with Crippen molar-refractivity contribution in [1.29, 1.82) is 0 Å². The van der Waals surface area contributed by atoms with Gasteiger partial charge in [0, 0.05) is 16.5 Å². The Hall–Kier alpha value is -4.40. The largest absolute Gasteiger partial charge is 0.489 e. The molecule has 45 heavy (non-hydrogen) atoms. The zero-order valence-electron chi connectivity index (χ0n) is 24.9. The molecule has 0 aliphatic carbocycles. The van der Waals surface area contributed by atoms with Crippen molar-refractivity contribution in [1.82, 2.24) is 0 Å². The molecule has 0 aromatic heterocycles. The first-order chi connectivity index (χ1) is 21.7. The highest BCUT2D eigenvalue weighted by atomic mass is 35.5. The summed E-state index contributed by atoms with van der Waals surface area (Å²) in [4.78, 5) is 24.7. The van der Waals surface area contributed by atoms with E-state index in [1.165, 1.54) is 0 Å². The van der Waals surface area contributed by atoms with Crippen molar-refractivity contribution in [2.24, 2.45) is 0 Å². The normalized spacial score (nSPS) is 12.0. The summed E-state index contributed by atoms with van der Waals surface area (Å²) in [5, 5.41) is 1.29. The van der Waals surface area contributed by atoms with Crippen LogP contribution in [0, 0.1) is 0 Å². The molecule has 4 aromatic carbocycles. The Morgan fingerprint density at radius 3 is 1.22 bits per heavy atom. The highest BCUT2D eigenvalue weighted by molar-refractivity contribution is 6.30. The van der Waals surface area contributed by atoms with Gasteiger partial charge in [-0.15, -0.1) is 0 Å². The van der Waals surface area contributed by atoms with Crippen molar-refractivity contribution in [3.05, 3.63) is 118 Å². The molecular weight excluding hydrogens is 619 g/mol. The van der Waals surface area contributed by atoms with Gasteiger partial charge in [0.05, 0.1) is 13.2 Å². The van der Waals surface area contributed by atoms with Crippen LogP contribution in [0.3, 0.4) is 0 Å². The summed E-state index contributed by atoms with van der Waals surface area (Å²) < 4.78 is 33.4. The van der Waals surface area contributed by atoms with Gasteiger partial charge in [0.1, 0.15) is 36.2 Å². The summed E-state index contributed by atoms with van der Waals surface area (Å²) in [6.07, 6.45) is -1.29. The van der Waals surface area contributed by atoms with Crippen molar-refractivity contribution >= 4 is 35.1 Å². The summed E-state index contributed by atoms with van der Waals surface area (Å²) in [5.74, 6) is 1.45. The van der Waals surface area contributed by atoms with E-state index < -0.39 is 24.1 Å². The molecule has 4 aromatic rings. The lowest BCUT2D eigenvalue weighted by molar-refractivity contribution is -0.153. The molecule has 4 rings (SSSR count). The fourth-order valence-corrected chi connectivity index (χ4v) is 4.12. The Morgan fingerprint density at radius 2 is 0.867 bits per heavy atom. The molecule has 236 valence electrons. The molecule has 0 aliphatic heterocycles. The van der Waals surface area contributed by atoms with Gasteiger partial charge in [0.15, 0.2) is 12.2 Å². The van der Waals surface area contributed by atoms with Crippen LogP contribution in [0.1, 0.15) is 31.4 Å². The maximum atomic E-state index is 12.3. The predicted octanol–water partition coefficient (Wildman–Crippen LogP) is 7.86. The van der Waals surface area contributed by atoms with E-state index in [2.05, 4.69) is 0 Å². The Bertz CT molecular complexity index is 1380. The Morgan fingerprint density at radius 1 is 0.533 bits per heavy atom. The third kappa shape index (κ3) is 11.6. The summed E-state index contributed by atoms with van der Waals surface area (Å²) in [5.41, 5.74) is 1.88. The number of rotatable bonds is 16. The molecule has 2 unspecified atom stereocenters. The number of hydrogen-bond donors (Lipinski definition) is 0. The number of esters is 2. The maximum absolute atomic E-state index is 12.3. The smallest absolute Gasteiger partial charge is 0.347 e. The Labute approximate surface area is 272 Å². The zero-order valence-corrected chi connectivity index (χ0v) is 26.5. The van der Waals surface area contributed by atoms with Crippen LogP contribution < -0.4 is 18.9 Å². The van der Waals surface area contributed by atoms with Gasteiger partial charge in [-0.2, -0.15) is 0 Å². The van der Waals surface area contributed by atoms with Crippen LogP contribution in [0.15, 0.2) is 97.1 Å². The van der Waals surface area contributed by atoms with Crippen molar-refractivity contribution in [3.8, 4) is 23.0 Å². The van der Waals surface area contributed by atoms with E-state index in [1.54, 1.807) is 86.6 Å². The standard InChI is InChI=1S/C35H34Cl2O8/c1-24(44-32-12-4-26(5-13-32)22-42-30-16-8-28(36)9-17-30)34(38)40-20-3-21-41-35(39)25(2)45-33-14-6-27(7-15-33)23-43-31-18-10-29(37)11-19-31/h4-19,24-25H,3,20-23H2,1-2H3. The average Bonchev–Trinajstić information content (AvgIpc) is 3.05. The second kappa shape index (κ2) is 17.2. The number of halogens is 2. The molecule has 8 nitrogen and oxygen atoms in total. The first kappa shape index (κ1) is 33.5. The molecule has 0 fully saturated rings. The predicted molar refractivity (Wildman–Crippen MR) is 171 cm³/mol. The van der Waals surface area contributed by atoms with Gasteiger partial charge in [-0.1, -0.05) is 47.5 Å². The van der Waals surface area contributed by atoms with E-state index >= 15 is 0 Å². The minimum absolute atomic E-state index is 0.0789. The summed E-state index contributed by atoms with van der Waals surface area (Å²) in [6, 6.07) is 28.7. The molecule has 0 amide bonds. The van der Waals surface area contributed by atoms with Gasteiger partial charge in [0.25, 0.3) is 0 Å². The van der Waals surface area contributed by atoms with E-state index in [1.807, 2.05) is 24.3 Å². The second-order valence-corrected chi connectivity index (χ2v) is 10.9. The Kier molecular flexibility index (Phi) is 12.8. The van der Waals surface area contributed by atoms with Gasteiger partial charge in [-0.25, -0.2) is 9.59 Å².